The topological polar surface area (TPSA) is 64.0 Å². The van der Waals surface area contributed by atoms with Crippen molar-refractivity contribution in [3.63, 3.8) is 0 Å². The average Bonchev–Trinajstić information content (AvgIpc) is 3.12. The predicted octanol–water partition coefficient (Wildman–Crippen LogP) is 0.381. The third-order valence-electron chi connectivity index (χ3n) is 4.98. The monoisotopic (exact) mass is 268 g/mol. The third-order valence-corrected chi connectivity index (χ3v) is 4.98. The van der Waals surface area contributed by atoms with Gasteiger partial charge in [0.1, 0.15) is 6.04 Å². The predicted molar refractivity (Wildman–Crippen MR) is 70.9 cm³/mol. The summed E-state index contributed by atoms with van der Waals surface area (Å²) >= 11 is 0. The van der Waals surface area contributed by atoms with Crippen molar-refractivity contribution in [1.29, 1.82) is 0 Å². The molecule has 0 bridgehead atoms. The maximum Gasteiger partial charge on any atom is 0.321 e. The molecular formula is C14H24N2O3. The van der Waals surface area contributed by atoms with Gasteiger partial charge in [-0.2, -0.15) is 0 Å². The molecule has 3 fully saturated rings. The molecule has 3 unspecified atom stereocenters. The molecule has 1 saturated heterocycles. The van der Waals surface area contributed by atoms with Gasteiger partial charge in [-0.1, -0.05) is 0 Å². The summed E-state index contributed by atoms with van der Waals surface area (Å²) in [6, 6.07) is 0.0435. The van der Waals surface area contributed by atoms with Crippen LogP contribution in [-0.4, -0.2) is 70.3 Å². The molecule has 3 aliphatic rings. The van der Waals surface area contributed by atoms with Crippen LogP contribution in [0, 0.1) is 5.92 Å². The first-order valence-corrected chi connectivity index (χ1v) is 7.56. The Bertz CT molecular complexity index is 338. The molecule has 1 aliphatic heterocycles. The first-order valence-electron chi connectivity index (χ1n) is 7.56. The van der Waals surface area contributed by atoms with Gasteiger partial charge in [-0.15, -0.1) is 0 Å². The number of aliphatic hydroxyl groups excluding tert-OH is 1. The molecule has 5 nitrogen and oxygen atoms in total. The van der Waals surface area contributed by atoms with Crippen molar-refractivity contribution in [2.75, 3.05) is 26.2 Å². The second-order valence-electron chi connectivity index (χ2n) is 6.26. The first-order chi connectivity index (χ1) is 9.16. The Balaban J connectivity index is 1.55. The summed E-state index contributed by atoms with van der Waals surface area (Å²) in [5, 5.41) is 19.3. The summed E-state index contributed by atoms with van der Waals surface area (Å²) in [5.74, 6) is -0.280. The minimum Gasteiger partial charge on any atom is -0.480 e. The molecule has 2 saturated carbocycles. The van der Waals surface area contributed by atoms with Gasteiger partial charge in [-0.05, 0) is 38.0 Å². The largest absolute Gasteiger partial charge is 0.480 e. The zero-order valence-corrected chi connectivity index (χ0v) is 11.4. The number of carboxylic acid groups (broad SMARTS) is 1. The van der Waals surface area contributed by atoms with E-state index in [1.165, 1.54) is 0 Å². The van der Waals surface area contributed by atoms with Crippen LogP contribution < -0.4 is 0 Å². The standard InChI is InChI=1S/C14H24N2O3/c17-12-3-1-2-11(12)15-6-8-16(9-7-15)13(14(18)19)10-4-5-10/h10-13,17H,1-9H2,(H,18,19). The molecule has 0 radical (unpaired) electrons. The van der Waals surface area contributed by atoms with E-state index in [9.17, 15) is 15.0 Å². The number of nitrogens with zero attached hydrogens (tertiary/aromatic N) is 2. The Morgan fingerprint density at radius 3 is 2.21 bits per heavy atom. The summed E-state index contributed by atoms with van der Waals surface area (Å²) in [6.45, 7) is 3.46. The summed E-state index contributed by atoms with van der Waals surface area (Å²) in [4.78, 5) is 15.9. The molecule has 0 aromatic heterocycles. The van der Waals surface area contributed by atoms with Crippen LogP contribution in [0.15, 0.2) is 0 Å². The SMILES string of the molecule is O=C(O)C(C1CC1)N1CCN(C2CCCC2O)CC1. The maximum atomic E-state index is 11.4. The van der Waals surface area contributed by atoms with Crippen LogP contribution >= 0.6 is 0 Å². The van der Waals surface area contributed by atoms with Gasteiger partial charge in [-0.3, -0.25) is 14.6 Å². The summed E-state index contributed by atoms with van der Waals surface area (Å²) < 4.78 is 0. The Hall–Kier alpha value is -0.650. The molecule has 0 aromatic carbocycles. The van der Waals surface area contributed by atoms with Gasteiger partial charge in [0.05, 0.1) is 6.10 Å². The maximum absolute atomic E-state index is 11.4. The first kappa shape index (κ1) is 13.3. The van der Waals surface area contributed by atoms with Crippen LogP contribution in [0.4, 0.5) is 0 Å². The molecule has 5 heteroatoms. The van der Waals surface area contributed by atoms with E-state index in [0.717, 1.165) is 58.3 Å². The number of hydrogen-bond donors (Lipinski definition) is 2. The van der Waals surface area contributed by atoms with E-state index in [-0.39, 0.29) is 12.1 Å². The Morgan fingerprint density at radius 2 is 1.74 bits per heavy atom. The van der Waals surface area contributed by atoms with Crippen molar-refractivity contribution < 1.29 is 15.0 Å². The highest BCUT2D eigenvalue weighted by molar-refractivity contribution is 5.74. The summed E-state index contributed by atoms with van der Waals surface area (Å²) in [7, 11) is 0. The molecule has 0 spiro atoms. The van der Waals surface area contributed by atoms with E-state index in [0.29, 0.717) is 12.0 Å². The Kier molecular flexibility index (Phi) is 3.78. The van der Waals surface area contributed by atoms with Gasteiger partial charge >= 0.3 is 5.97 Å². The highest BCUT2D eigenvalue weighted by atomic mass is 16.4. The summed E-state index contributed by atoms with van der Waals surface area (Å²) in [6.07, 6.45) is 5.09. The van der Waals surface area contributed by atoms with Crippen molar-refractivity contribution in [2.45, 2.75) is 50.3 Å². The van der Waals surface area contributed by atoms with Gasteiger partial charge in [0.15, 0.2) is 0 Å². The van der Waals surface area contributed by atoms with E-state index < -0.39 is 5.97 Å². The van der Waals surface area contributed by atoms with Gasteiger partial charge < -0.3 is 10.2 Å². The highest BCUT2D eigenvalue weighted by Crippen LogP contribution is 2.36. The normalized spacial score (nSPS) is 35.4. The molecular weight excluding hydrogens is 244 g/mol. The molecule has 1 heterocycles. The Morgan fingerprint density at radius 1 is 1.05 bits per heavy atom. The van der Waals surface area contributed by atoms with Crippen molar-refractivity contribution in [2.24, 2.45) is 5.92 Å². The van der Waals surface area contributed by atoms with Crippen LogP contribution in [0.1, 0.15) is 32.1 Å². The minimum atomic E-state index is -0.656. The lowest BCUT2D eigenvalue weighted by atomic mass is 10.1. The molecule has 19 heavy (non-hydrogen) atoms. The van der Waals surface area contributed by atoms with E-state index in [1.54, 1.807) is 0 Å². The minimum absolute atomic E-state index is 0.176. The number of hydrogen-bond acceptors (Lipinski definition) is 4. The summed E-state index contributed by atoms with van der Waals surface area (Å²) in [5.41, 5.74) is 0. The van der Waals surface area contributed by atoms with E-state index >= 15 is 0 Å². The molecule has 0 amide bonds. The van der Waals surface area contributed by atoms with Gasteiger partial charge in [0, 0.05) is 32.2 Å². The molecule has 2 N–H and O–H groups in total. The fraction of sp³-hybridized carbons (Fsp3) is 0.929. The quantitative estimate of drug-likeness (QED) is 0.772. The van der Waals surface area contributed by atoms with Gasteiger partial charge in [-0.25, -0.2) is 0 Å². The second-order valence-corrected chi connectivity index (χ2v) is 6.26. The lowest BCUT2D eigenvalue weighted by molar-refractivity contribution is -0.145. The fourth-order valence-corrected chi connectivity index (χ4v) is 3.76. The molecule has 2 aliphatic carbocycles. The van der Waals surface area contributed by atoms with Crippen molar-refractivity contribution in [3.05, 3.63) is 0 Å². The lowest BCUT2D eigenvalue weighted by Gasteiger charge is -2.41. The smallest absolute Gasteiger partial charge is 0.321 e. The zero-order chi connectivity index (χ0) is 13.4. The van der Waals surface area contributed by atoms with Crippen molar-refractivity contribution >= 4 is 5.97 Å². The number of aliphatic hydroxyl groups is 1. The van der Waals surface area contributed by atoms with Gasteiger partial charge in [0.25, 0.3) is 0 Å². The lowest BCUT2D eigenvalue weighted by Crippen LogP contribution is -2.56. The van der Waals surface area contributed by atoms with Gasteiger partial charge in [0.2, 0.25) is 0 Å². The highest BCUT2D eigenvalue weighted by Gasteiger charge is 2.42. The number of aliphatic carboxylic acids is 1. The number of carboxylic acids is 1. The molecule has 108 valence electrons. The number of rotatable bonds is 4. The molecule has 3 rings (SSSR count). The Labute approximate surface area is 114 Å². The number of piperazine rings is 1. The van der Waals surface area contributed by atoms with Crippen LogP contribution in [-0.2, 0) is 4.79 Å². The zero-order valence-electron chi connectivity index (χ0n) is 11.4. The van der Waals surface area contributed by atoms with E-state index in [4.69, 9.17) is 0 Å². The molecule has 3 atom stereocenters. The van der Waals surface area contributed by atoms with Crippen LogP contribution in [0.3, 0.4) is 0 Å². The van der Waals surface area contributed by atoms with Crippen molar-refractivity contribution in [1.82, 2.24) is 9.80 Å². The van der Waals surface area contributed by atoms with E-state index in [1.807, 2.05) is 0 Å². The number of carbonyl (C=O) groups is 1. The fourth-order valence-electron chi connectivity index (χ4n) is 3.76. The van der Waals surface area contributed by atoms with Crippen LogP contribution in [0.5, 0.6) is 0 Å². The van der Waals surface area contributed by atoms with E-state index in [2.05, 4.69) is 9.80 Å². The molecule has 0 aromatic rings. The van der Waals surface area contributed by atoms with Crippen molar-refractivity contribution in [3.8, 4) is 0 Å². The average molecular weight is 268 g/mol. The van der Waals surface area contributed by atoms with Crippen LogP contribution in [0.25, 0.3) is 0 Å². The second kappa shape index (κ2) is 5.38. The van der Waals surface area contributed by atoms with Crippen LogP contribution in [0.2, 0.25) is 0 Å². The third kappa shape index (κ3) is 2.78.